The van der Waals surface area contributed by atoms with Gasteiger partial charge >= 0.3 is 12.0 Å². The third-order valence-electron chi connectivity index (χ3n) is 4.19. The normalized spacial score (nSPS) is 14.8. The zero-order valence-electron chi connectivity index (χ0n) is 13.9. The molecule has 3 rings (SSSR count). The average molecular weight is 364 g/mol. The fourth-order valence-corrected chi connectivity index (χ4v) is 4.19. The predicted molar refractivity (Wildman–Crippen MR) is 92.6 cm³/mol. The molecule has 134 valence electrons. The van der Waals surface area contributed by atoms with Crippen molar-refractivity contribution >= 4 is 28.3 Å². The van der Waals surface area contributed by atoms with E-state index in [1.165, 1.54) is 22.3 Å². The lowest BCUT2D eigenvalue weighted by Gasteiger charge is -2.14. The van der Waals surface area contributed by atoms with Gasteiger partial charge in [0.05, 0.1) is 5.69 Å². The number of nitrogens with two attached hydrogens (primary N) is 1. The van der Waals surface area contributed by atoms with E-state index in [4.69, 9.17) is 10.5 Å². The van der Waals surface area contributed by atoms with E-state index >= 15 is 0 Å². The molecule has 2 aromatic heterocycles. The van der Waals surface area contributed by atoms with Crippen molar-refractivity contribution in [1.29, 1.82) is 0 Å². The van der Waals surface area contributed by atoms with Crippen molar-refractivity contribution < 1.29 is 14.3 Å². The minimum atomic E-state index is -0.809. The van der Waals surface area contributed by atoms with Crippen LogP contribution in [0.25, 0.3) is 4.96 Å². The molecule has 0 bridgehead atoms. The van der Waals surface area contributed by atoms with Crippen LogP contribution in [0, 0.1) is 0 Å². The van der Waals surface area contributed by atoms with Gasteiger partial charge in [0.15, 0.2) is 4.96 Å². The molecule has 0 aromatic carbocycles. The minimum Gasteiger partial charge on any atom is -0.458 e. The van der Waals surface area contributed by atoms with Gasteiger partial charge in [0.2, 0.25) is 0 Å². The van der Waals surface area contributed by atoms with Crippen LogP contribution in [-0.4, -0.2) is 27.4 Å². The second-order valence-electron chi connectivity index (χ2n) is 5.96. The van der Waals surface area contributed by atoms with Crippen LogP contribution in [0.5, 0.6) is 0 Å². The smallest absolute Gasteiger partial charge is 0.329 e. The van der Waals surface area contributed by atoms with Crippen LogP contribution in [0.4, 0.5) is 4.79 Å². The molecule has 0 spiro atoms. The largest absolute Gasteiger partial charge is 0.458 e. The number of carbonyl (C=O) groups excluding carboxylic acids is 2. The van der Waals surface area contributed by atoms with Crippen LogP contribution in [0.2, 0.25) is 0 Å². The van der Waals surface area contributed by atoms with Crippen molar-refractivity contribution in [2.75, 3.05) is 0 Å². The Hall–Kier alpha value is -2.42. The molecule has 1 atom stereocenters. The number of rotatable bonds is 5. The lowest BCUT2D eigenvalue weighted by molar-refractivity contribution is -0.147. The van der Waals surface area contributed by atoms with E-state index < -0.39 is 18.0 Å². The van der Waals surface area contributed by atoms with E-state index in [0.29, 0.717) is 17.1 Å². The van der Waals surface area contributed by atoms with Gasteiger partial charge in [-0.1, -0.05) is 6.92 Å². The van der Waals surface area contributed by atoms with E-state index in [0.717, 1.165) is 31.4 Å². The lowest BCUT2D eigenvalue weighted by atomic mass is 10.0. The molecule has 9 heteroatoms. The molecule has 8 nitrogen and oxygen atoms in total. The van der Waals surface area contributed by atoms with E-state index in [1.54, 1.807) is 11.3 Å². The van der Waals surface area contributed by atoms with Gasteiger partial charge in [-0.3, -0.25) is 9.20 Å². The molecule has 2 heterocycles. The molecule has 0 unspecified atom stereocenters. The average Bonchev–Trinajstić information content (AvgIpc) is 2.96. The van der Waals surface area contributed by atoms with E-state index in [2.05, 4.69) is 10.3 Å². The predicted octanol–water partition coefficient (Wildman–Crippen LogP) is 1.12. The molecule has 0 saturated heterocycles. The summed E-state index contributed by atoms with van der Waals surface area (Å²) in [5.41, 5.74) is 6.33. The molecule has 0 fully saturated rings. The molecule has 25 heavy (non-hydrogen) atoms. The highest BCUT2D eigenvalue weighted by Crippen LogP contribution is 2.28. The molecule has 1 aliphatic rings. The van der Waals surface area contributed by atoms with Crippen LogP contribution < -0.4 is 16.6 Å². The molecule has 1 aliphatic carbocycles. The minimum absolute atomic E-state index is 0.121. The number of hydrogen-bond donors (Lipinski definition) is 2. The fraction of sp³-hybridized carbons (Fsp3) is 0.500. The number of ether oxygens (including phenoxy) is 1. The molecule has 0 saturated carbocycles. The third kappa shape index (κ3) is 3.65. The van der Waals surface area contributed by atoms with Gasteiger partial charge in [0.1, 0.15) is 12.6 Å². The van der Waals surface area contributed by atoms with Crippen molar-refractivity contribution in [2.45, 2.75) is 51.7 Å². The Kier molecular flexibility index (Phi) is 5.03. The second kappa shape index (κ2) is 7.22. The molecule has 2 aromatic rings. The summed E-state index contributed by atoms with van der Waals surface area (Å²) in [7, 11) is 0. The summed E-state index contributed by atoms with van der Waals surface area (Å²) < 4.78 is 6.83. The maximum absolute atomic E-state index is 12.4. The monoisotopic (exact) mass is 364 g/mol. The van der Waals surface area contributed by atoms with Gasteiger partial charge in [-0.15, -0.1) is 11.3 Å². The lowest BCUT2D eigenvalue weighted by Crippen LogP contribution is -2.44. The summed E-state index contributed by atoms with van der Waals surface area (Å²) >= 11 is 1.52. The number of aromatic nitrogens is 2. The first-order valence-corrected chi connectivity index (χ1v) is 9.07. The number of nitrogens with zero attached hydrogens (tertiary/aromatic N) is 2. The van der Waals surface area contributed by atoms with E-state index in [9.17, 15) is 14.4 Å². The second-order valence-corrected chi connectivity index (χ2v) is 7.02. The topological polar surface area (TPSA) is 116 Å². The van der Waals surface area contributed by atoms with Crippen molar-refractivity contribution in [3.05, 3.63) is 32.7 Å². The summed E-state index contributed by atoms with van der Waals surface area (Å²) in [6.07, 6.45) is 4.43. The fourth-order valence-electron chi connectivity index (χ4n) is 2.96. The number of primary amides is 1. The first-order chi connectivity index (χ1) is 12.0. The van der Waals surface area contributed by atoms with Gasteiger partial charge in [-0.05, 0) is 32.1 Å². The number of amides is 2. The van der Waals surface area contributed by atoms with Crippen LogP contribution in [-0.2, 0) is 29.0 Å². The van der Waals surface area contributed by atoms with Crippen LogP contribution in [0.3, 0.4) is 0 Å². The Morgan fingerprint density at radius 2 is 2.20 bits per heavy atom. The number of hydrogen-bond acceptors (Lipinski definition) is 6. The zero-order valence-corrected chi connectivity index (χ0v) is 14.7. The van der Waals surface area contributed by atoms with Crippen molar-refractivity contribution in [3.8, 4) is 0 Å². The van der Waals surface area contributed by atoms with Gasteiger partial charge in [0, 0.05) is 16.6 Å². The Bertz CT molecular complexity index is 873. The summed E-state index contributed by atoms with van der Waals surface area (Å²) in [6, 6.07) is -0.202. The highest BCUT2D eigenvalue weighted by Gasteiger charge is 2.21. The summed E-state index contributed by atoms with van der Waals surface area (Å²) in [5, 5.41) is 2.32. The first kappa shape index (κ1) is 17.4. The SMILES string of the molecule is CC[C@@H](NC(N)=O)C(=O)OCc1cc(=O)n2c3c(sc2n1)CCCC3. The maximum Gasteiger partial charge on any atom is 0.329 e. The zero-order chi connectivity index (χ0) is 18.0. The molecule has 2 amide bonds. The molecule has 0 aliphatic heterocycles. The number of aryl methyl sites for hydroxylation is 2. The number of carbonyl (C=O) groups is 2. The van der Waals surface area contributed by atoms with Gasteiger partial charge in [-0.25, -0.2) is 14.6 Å². The Labute approximate surface area is 148 Å². The Morgan fingerprint density at radius 3 is 2.92 bits per heavy atom. The van der Waals surface area contributed by atoms with Crippen LogP contribution in [0.15, 0.2) is 10.9 Å². The summed E-state index contributed by atoms with van der Waals surface area (Å²) in [4.78, 5) is 41.6. The van der Waals surface area contributed by atoms with Crippen LogP contribution in [0.1, 0.15) is 42.5 Å². The van der Waals surface area contributed by atoms with E-state index in [1.807, 2.05) is 0 Å². The quantitative estimate of drug-likeness (QED) is 0.772. The van der Waals surface area contributed by atoms with E-state index in [-0.39, 0.29) is 12.2 Å². The van der Waals surface area contributed by atoms with Gasteiger partial charge in [0.25, 0.3) is 5.56 Å². The highest BCUT2D eigenvalue weighted by molar-refractivity contribution is 7.17. The number of fused-ring (bicyclic) bond motifs is 3. The number of urea groups is 1. The van der Waals surface area contributed by atoms with Crippen LogP contribution >= 0.6 is 11.3 Å². The van der Waals surface area contributed by atoms with Gasteiger partial charge in [-0.2, -0.15) is 0 Å². The molecule has 0 radical (unpaired) electrons. The summed E-state index contributed by atoms with van der Waals surface area (Å²) in [6.45, 7) is 1.61. The number of nitrogens with one attached hydrogen (secondary N) is 1. The third-order valence-corrected chi connectivity index (χ3v) is 5.33. The number of esters is 1. The maximum atomic E-state index is 12.4. The first-order valence-electron chi connectivity index (χ1n) is 8.25. The highest BCUT2D eigenvalue weighted by atomic mass is 32.1. The molecule has 3 N–H and O–H groups in total. The summed E-state index contributed by atoms with van der Waals surface area (Å²) in [5.74, 6) is -0.603. The van der Waals surface area contributed by atoms with Crippen molar-refractivity contribution in [3.63, 3.8) is 0 Å². The van der Waals surface area contributed by atoms with Crippen molar-refractivity contribution in [2.24, 2.45) is 5.73 Å². The molecular formula is C16H20N4O4S. The number of thiazole rings is 1. The van der Waals surface area contributed by atoms with Gasteiger partial charge < -0.3 is 15.8 Å². The Morgan fingerprint density at radius 1 is 1.44 bits per heavy atom. The van der Waals surface area contributed by atoms with Crippen molar-refractivity contribution in [1.82, 2.24) is 14.7 Å². The standard InChI is InChI=1S/C16H20N4O4S/c1-2-10(19-15(17)23)14(22)24-8-9-7-13(21)20-11-5-3-4-6-12(11)25-16(20)18-9/h7,10H,2-6,8H2,1H3,(H3,17,19,23)/t10-/m1/s1. The Balaban J connectivity index is 1.77. The molecular weight excluding hydrogens is 344 g/mol.